The van der Waals surface area contributed by atoms with E-state index in [2.05, 4.69) is 36.1 Å². The van der Waals surface area contributed by atoms with E-state index in [-0.39, 0.29) is 23.3 Å². The van der Waals surface area contributed by atoms with Gasteiger partial charge in [-0.05, 0) is 30.4 Å². The van der Waals surface area contributed by atoms with Crippen molar-refractivity contribution in [3.05, 3.63) is 51.7 Å². The lowest BCUT2D eigenvalue weighted by atomic mass is 10.1. The molecule has 194 valence electrons. The molecule has 0 unspecified atom stereocenters. The summed E-state index contributed by atoms with van der Waals surface area (Å²) in [4.78, 5) is 21.8. The maximum Gasteiger partial charge on any atom is 0.266 e. The van der Waals surface area contributed by atoms with Crippen molar-refractivity contribution in [2.24, 2.45) is 5.92 Å². The molecule has 1 aromatic carbocycles. The van der Waals surface area contributed by atoms with Gasteiger partial charge in [0.1, 0.15) is 11.6 Å². The third-order valence-electron chi connectivity index (χ3n) is 5.39. The number of alkyl halides is 2. The highest BCUT2D eigenvalue weighted by Gasteiger charge is 2.27. The number of hydrogen-bond donors (Lipinski definition) is 1. The van der Waals surface area contributed by atoms with Crippen LogP contribution in [-0.2, 0) is 29.2 Å². The van der Waals surface area contributed by atoms with Gasteiger partial charge >= 0.3 is 0 Å². The Bertz CT molecular complexity index is 976. The fourth-order valence-corrected chi connectivity index (χ4v) is 3.61. The summed E-state index contributed by atoms with van der Waals surface area (Å²) in [6.45, 7) is 10.8. The Kier molecular flexibility index (Phi) is 11.7. The molecule has 6 nitrogen and oxygen atoms in total. The predicted molar refractivity (Wildman–Crippen MR) is 131 cm³/mol. The lowest BCUT2D eigenvalue weighted by Crippen LogP contribution is -2.24. The molecule has 10 heteroatoms. The molecule has 2 aromatic rings. The van der Waals surface area contributed by atoms with Crippen LogP contribution in [0.5, 0.6) is 0 Å². The number of carbonyl (C=O) groups is 1. The molecule has 0 fully saturated rings. The van der Waals surface area contributed by atoms with Crippen molar-refractivity contribution < 1.29 is 22.7 Å². The number of rotatable bonds is 10. The van der Waals surface area contributed by atoms with Gasteiger partial charge in [0.05, 0.1) is 24.3 Å². The largest absolute Gasteiger partial charge is 0.381 e. The van der Waals surface area contributed by atoms with Crippen molar-refractivity contribution in [1.29, 1.82) is 0 Å². The van der Waals surface area contributed by atoms with Crippen molar-refractivity contribution in [3.8, 4) is 0 Å². The number of fused-ring (bicyclic) bond motifs is 1. The van der Waals surface area contributed by atoms with Crippen LogP contribution in [0.1, 0.15) is 75.8 Å². The highest BCUT2D eigenvalue weighted by atomic mass is 35.5. The van der Waals surface area contributed by atoms with Crippen LogP contribution in [0.25, 0.3) is 0 Å². The molecule has 1 aliphatic heterocycles. The Labute approximate surface area is 210 Å². The normalized spacial score (nSPS) is 12.6. The summed E-state index contributed by atoms with van der Waals surface area (Å²) in [5, 5.41) is 2.93. The standard InChI is InChI=1S/C17H16ClF3N4O.C8H18O/c1-2-13(26)25-7-11-12(8-25)23-17(18)24-16(11)22-6-9-4-3-5-10(14(9)19)15(20)21;1-4-6-9-7-5-8(2)3/h3-5,15H,2,6-8H2,1H3,(H,22,23,24);8H,4-7H2,1-3H3. The third kappa shape index (κ3) is 8.65. The minimum atomic E-state index is -2.89. The predicted octanol–water partition coefficient (Wildman–Crippen LogP) is 6.53. The van der Waals surface area contributed by atoms with Crippen LogP contribution in [0, 0.1) is 11.7 Å². The molecule has 1 amide bonds. The second-order valence-corrected chi connectivity index (χ2v) is 8.98. The number of nitrogens with one attached hydrogen (secondary N) is 1. The van der Waals surface area contributed by atoms with Crippen LogP contribution in [0.15, 0.2) is 18.2 Å². The first-order chi connectivity index (χ1) is 16.7. The Morgan fingerprint density at radius 2 is 1.94 bits per heavy atom. The molecule has 3 rings (SSSR count). The zero-order chi connectivity index (χ0) is 26.0. The Balaban J connectivity index is 0.000000410. The number of aromatic nitrogens is 2. The van der Waals surface area contributed by atoms with E-state index in [1.807, 2.05) is 0 Å². The van der Waals surface area contributed by atoms with E-state index in [1.54, 1.807) is 11.8 Å². The van der Waals surface area contributed by atoms with Gasteiger partial charge in [0.2, 0.25) is 11.2 Å². The lowest BCUT2D eigenvalue weighted by molar-refractivity contribution is -0.131. The van der Waals surface area contributed by atoms with Gasteiger partial charge in [-0.25, -0.2) is 23.1 Å². The van der Waals surface area contributed by atoms with E-state index < -0.39 is 17.8 Å². The molecule has 0 aliphatic carbocycles. The minimum absolute atomic E-state index is 0.00106. The number of ether oxygens (including phenoxy) is 1. The van der Waals surface area contributed by atoms with E-state index in [9.17, 15) is 18.0 Å². The second-order valence-electron chi connectivity index (χ2n) is 8.64. The summed E-state index contributed by atoms with van der Waals surface area (Å²) in [6, 6.07) is 3.85. The molecule has 1 aromatic heterocycles. The maximum absolute atomic E-state index is 14.2. The molecular weight excluding hydrogens is 481 g/mol. The summed E-state index contributed by atoms with van der Waals surface area (Å²) < 4.78 is 45.1. The van der Waals surface area contributed by atoms with Crippen molar-refractivity contribution >= 4 is 23.3 Å². The molecule has 0 spiro atoms. The van der Waals surface area contributed by atoms with Crippen molar-refractivity contribution in [2.45, 2.75) is 73.0 Å². The van der Waals surface area contributed by atoms with Gasteiger partial charge in [-0.15, -0.1) is 0 Å². The van der Waals surface area contributed by atoms with Crippen LogP contribution in [0.3, 0.4) is 0 Å². The Morgan fingerprint density at radius 3 is 2.57 bits per heavy atom. The van der Waals surface area contributed by atoms with Gasteiger partial charge in [-0.3, -0.25) is 4.79 Å². The topological polar surface area (TPSA) is 67.4 Å². The monoisotopic (exact) mass is 514 g/mol. The Hall–Kier alpha value is -2.39. The number of amides is 1. The first-order valence-corrected chi connectivity index (χ1v) is 12.3. The number of nitrogens with zero attached hydrogens (tertiary/aromatic N) is 3. The van der Waals surface area contributed by atoms with E-state index in [4.69, 9.17) is 16.3 Å². The van der Waals surface area contributed by atoms with Crippen LogP contribution < -0.4 is 5.32 Å². The van der Waals surface area contributed by atoms with Crippen LogP contribution in [0.4, 0.5) is 19.0 Å². The van der Waals surface area contributed by atoms with Crippen molar-refractivity contribution in [3.63, 3.8) is 0 Å². The fourth-order valence-electron chi connectivity index (χ4n) is 3.42. The van der Waals surface area contributed by atoms with Crippen LogP contribution >= 0.6 is 11.6 Å². The van der Waals surface area contributed by atoms with Gasteiger partial charge < -0.3 is 15.0 Å². The van der Waals surface area contributed by atoms with Gasteiger partial charge in [0, 0.05) is 37.3 Å². The summed E-state index contributed by atoms with van der Waals surface area (Å²) in [5.41, 5.74) is 0.762. The molecule has 2 heterocycles. The number of anilines is 1. The van der Waals surface area contributed by atoms with Crippen LogP contribution in [-0.4, -0.2) is 34.0 Å². The summed E-state index contributed by atoms with van der Waals surface area (Å²) in [7, 11) is 0. The smallest absolute Gasteiger partial charge is 0.266 e. The Morgan fingerprint density at radius 1 is 1.20 bits per heavy atom. The van der Waals surface area contributed by atoms with E-state index in [0.29, 0.717) is 36.6 Å². The average molecular weight is 515 g/mol. The molecule has 35 heavy (non-hydrogen) atoms. The SMILES string of the molecule is CCC(=O)N1Cc2nc(Cl)nc(NCc3cccc(C(F)F)c3F)c2C1.CCCOCCC(C)C. The number of benzene rings is 1. The van der Waals surface area contributed by atoms with Crippen molar-refractivity contribution in [1.82, 2.24) is 14.9 Å². The lowest BCUT2D eigenvalue weighted by Gasteiger charge is -2.14. The number of carbonyl (C=O) groups excluding carboxylic acids is 1. The van der Waals surface area contributed by atoms with Crippen LogP contribution in [0.2, 0.25) is 5.28 Å². The third-order valence-corrected chi connectivity index (χ3v) is 5.56. The first kappa shape index (κ1) is 28.8. The molecular formula is C25H34ClF3N4O2. The van der Waals surface area contributed by atoms with Gasteiger partial charge in [0.25, 0.3) is 6.43 Å². The summed E-state index contributed by atoms with van der Waals surface area (Å²) in [6.07, 6.45) is -0.192. The molecule has 0 saturated heterocycles. The average Bonchev–Trinajstić information content (AvgIpc) is 3.24. The summed E-state index contributed by atoms with van der Waals surface area (Å²) in [5.74, 6) is 0.172. The molecule has 1 aliphatic rings. The number of hydrogen-bond acceptors (Lipinski definition) is 5. The first-order valence-electron chi connectivity index (χ1n) is 11.9. The van der Waals surface area contributed by atoms with Gasteiger partial charge in [-0.2, -0.15) is 0 Å². The van der Waals surface area contributed by atoms with Gasteiger partial charge in [-0.1, -0.05) is 45.9 Å². The quantitative estimate of drug-likeness (QED) is 0.288. The molecule has 0 bridgehead atoms. The minimum Gasteiger partial charge on any atom is -0.381 e. The second kappa shape index (κ2) is 14.2. The van der Waals surface area contributed by atoms with E-state index >= 15 is 0 Å². The molecule has 0 radical (unpaired) electrons. The zero-order valence-electron chi connectivity index (χ0n) is 20.7. The zero-order valence-corrected chi connectivity index (χ0v) is 21.5. The molecule has 1 N–H and O–H groups in total. The maximum atomic E-state index is 14.2. The molecule has 0 saturated carbocycles. The van der Waals surface area contributed by atoms with Crippen molar-refractivity contribution in [2.75, 3.05) is 18.5 Å². The summed E-state index contributed by atoms with van der Waals surface area (Å²) >= 11 is 5.93. The fraction of sp³-hybridized carbons (Fsp3) is 0.560. The van der Waals surface area contributed by atoms with E-state index in [0.717, 1.165) is 31.6 Å². The highest BCUT2D eigenvalue weighted by Crippen LogP contribution is 2.30. The highest BCUT2D eigenvalue weighted by molar-refractivity contribution is 6.28. The number of halogens is 4. The molecule has 0 atom stereocenters. The van der Waals surface area contributed by atoms with Gasteiger partial charge in [0.15, 0.2) is 0 Å². The van der Waals surface area contributed by atoms with E-state index in [1.165, 1.54) is 18.6 Å².